The maximum absolute atomic E-state index is 12.0. The molecule has 1 aromatic heterocycles. The van der Waals surface area contributed by atoms with Crippen molar-refractivity contribution >= 4 is 22.6 Å². The van der Waals surface area contributed by atoms with Crippen molar-refractivity contribution in [2.45, 2.75) is 25.7 Å². The molecule has 2 heterocycles. The average molecular weight is 240 g/mol. The van der Waals surface area contributed by atoms with E-state index in [9.17, 15) is 4.79 Å². The van der Waals surface area contributed by atoms with E-state index in [4.69, 9.17) is 0 Å². The van der Waals surface area contributed by atoms with Gasteiger partial charge in [0.25, 0.3) is 0 Å². The molecule has 3 heteroatoms. The topological polar surface area (TPSA) is 33.2 Å². The van der Waals surface area contributed by atoms with Gasteiger partial charge in [-0.05, 0) is 31.0 Å². The maximum Gasteiger partial charge on any atom is 0.228 e. The Balaban J connectivity index is 1.99. The number of fused-ring (bicyclic) bond motifs is 1. The van der Waals surface area contributed by atoms with Crippen LogP contribution in [0.2, 0.25) is 0 Å². The number of rotatable bonds is 1. The summed E-state index contributed by atoms with van der Waals surface area (Å²) in [6.07, 6.45) is 3.85. The minimum atomic E-state index is 0.204. The quantitative estimate of drug-likeness (QED) is 0.767. The van der Waals surface area contributed by atoms with Gasteiger partial charge in [0.05, 0.1) is 5.52 Å². The third kappa shape index (κ3) is 2.08. The molecule has 92 valence electrons. The Morgan fingerprint density at radius 1 is 1.00 bits per heavy atom. The second-order valence-electron chi connectivity index (χ2n) is 4.72. The van der Waals surface area contributed by atoms with Crippen LogP contribution in [-0.4, -0.2) is 17.4 Å². The number of hydrogen-bond donors (Lipinski definition) is 0. The molecular formula is C15H16N2O. The molecule has 0 bridgehead atoms. The highest BCUT2D eigenvalue weighted by Crippen LogP contribution is 2.21. The van der Waals surface area contributed by atoms with Crippen molar-refractivity contribution in [2.24, 2.45) is 0 Å². The van der Waals surface area contributed by atoms with E-state index < -0.39 is 0 Å². The van der Waals surface area contributed by atoms with Crippen molar-refractivity contribution < 1.29 is 4.79 Å². The molecule has 1 aromatic carbocycles. The third-order valence-corrected chi connectivity index (χ3v) is 3.43. The fourth-order valence-corrected chi connectivity index (χ4v) is 2.43. The molecule has 0 unspecified atom stereocenters. The number of para-hydroxylation sites is 1. The van der Waals surface area contributed by atoms with Gasteiger partial charge in [0.2, 0.25) is 5.91 Å². The molecule has 1 saturated heterocycles. The van der Waals surface area contributed by atoms with Crippen LogP contribution in [0.15, 0.2) is 36.4 Å². The van der Waals surface area contributed by atoms with E-state index in [0.717, 1.165) is 42.5 Å². The average Bonchev–Trinajstić information content (AvgIpc) is 2.63. The summed E-state index contributed by atoms with van der Waals surface area (Å²) in [5.41, 5.74) is 0.951. The Morgan fingerprint density at radius 2 is 1.89 bits per heavy atom. The number of benzene rings is 1. The Labute approximate surface area is 106 Å². The molecule has 18 heavy (non-hydrogen) atoms. The van der Waals surface area contributed by atoms with Crippen LogP contribution in [0.3, 0.4) is 0 Å². The van der Waals surface area contributed by atoms with Gasteiger partial charge in [-0.15, -0.1) is 0 Å². The zero-order valence-electron chi connectivity index (χ0n) is 10.3. The molecule has 0 atom stereocenters. The summed E-state index contributed by atoms with van der Waals surface area (Å²) in [5.74, 6) is 0.996. The first-order valence-electron chi connectivity index (χ1n) is 6.51. The van der Waals surface area contributed by atoms with Gasteiger partial charge < -0.3 is 0 Å². The van der Waals surface area contributed by atoms with E-state index in [0.29, 0.717) is 6.42 Å². The lowest BCUT2D eigenvalue weighted by molar-refractivity contribution is -0.118. The number of amides is 1. The number of anilines is 1. The molecule has 0 N–H and O–H groups in total. The van der Waals surface area contributed by atoms with Crippen LogP contribution in [0.4, 0.5) is 5.82 Å². The van der Waals surface area contributed by atoms with Crippen LogP contribution in [0, 0.1) is 0 Å². The predicted octanol–water partition coefficient (Wildman–Crippen LogP) is 3.14. The van der Waals surface area contributed by atoms with Crippen LogP contribution >= 0.6 is 0 Å². The number of hydrogen-bond acceptors (Lipinski definition) is 2. The van der Waals surface area contributed by atoms with Crippen molar-refractivity contribution in [3.8, 4) is 0 Å². The summed E-state index contributed by atoms with van der Waals surface area (Å²) in [6.45, 7) is 0.796. The first-order chi connectivity index (χ1) is 8.84. The smallest absolute Gasteiger partial charge is 0.228 e. The second-order valence-corrected chi connectivity index (χ2v) is 4.72. The summed E-state index contributed by atoms with van der Waals surface area (Å²) in [5, 5.41) is 1.11. The lowest BCUT2D eigenvalue weighted by Crippen LogP contribution is -2.30. The first kappa shape index (κ1) is 11.2. The van der Waals surface area contributed by atoms with E-state index in [-0.39, 0.29) is 5.91 Å². The van der Waals surface area contributed by atoms with Crippen LogP contribution < -0.4 is 4.90 Å². The number of carbonyl (C=O) groups is 1. The summed E-state index contributed by atoms with van der Waals surface area (Å²) in [4.78, 5) is 18.5. The second kappa shape index (κ2) is 4.77. The zero-order chi connectivity index (χ0) is 12.4. The Hall–Kier alpha value is -1.90. The molecule has 0 saturated carbocycles. The van der Waals surface area contributed by atoms with Crippen LogP contribution in [0.1, 0.15) is 25.7 Å². The minimum absolute atomic E-state index is 0.204. The number of carbonyl (C=O) groups excluding carboxylic acids is 1. The van der Waals surface area contributed by atoms with Gasteiger partial charge >= 0.3 is 0 Å². The molecular weight excluding hydrogens is 224 g/mol. The third-order valence-electron chi connectivity index (χ3n) is 3.43. The van der Waals surface area contributed by atoms with E-state index in [1.54, 1.807) is 0 Å². The SMILES string of the molecule is O=C1CCCCCN1c1ccc2ccccc2n1. The van der Waals surface area contributed by atoms with Gasteiger partial charge in [-0.25, -0.2) is 4.98 Å². The first-order valence-corrected chi connectivity index (χ1v) is 6.51. The molecule has 0 spiro atoms. The zero-order valence-corrected chi connectivity index (χ0v) is 10.3. The number of aromatic nitrogens is 1. The molecule has 0 aliphatic carbocycles. The molecule has 1 aliphatic rings. The van der Waals surface area contributed by atoms with Crippen molar-refractivity contribution in [1.29, 1.82) is 0 Å². The standard InChI is InChI=1S/C15H16N2O/c18-15-8-2-1-5-11-17(15)14-10-9-12-6-3-4-7-13(12)16-14/h3-4,6-7,9-10H,1-2,5,8,11H2. The minimum Gasteiger partial charge on any atom is -0.297 e. The fourth-order valence-electron chi connectivity index (χ4n) is 2.43. The Morgan fingerprint density at radius 3 is 2.83 bits per heavy atom. The molecule has 1 aliphatic heterocycles. The summed E-state index contributed by atoms with van der Waals surface area (Å²) in [6, 6.07) is 12.0. The fraction of sp³-hybridized carbons (Fsp3) is 0.333. The van der Waals surface area contributed by atoms with E-state index in [1.165, 1.54) is 0 Å². The molecule has 3 rings (SSSR count). The van der Waals surface area contributed by atoms with Gasteiger partial charge in [-0.2, -0.15) is 0 Å². The molecule has 0 radical (unpaired) electrons. The van der Waals surface area contributed by atoms with Crippen LogP contribution in [0.25, 0.3) is 10.9 Å². The van der Waals surface area contributed by atoms with Gasteiger partial charge in [-0.3, -0.25) is 9.69 Å². The molecule has 1 amide bonds. The highest BCUT2D eigenvalue weighted by atomic mass is 16.2. The predicted molar refractivity (Wildman–Crippen MR) is 72.6 cm³/mol. The van der Waals surface area contributed by atoms with Gasteiger partial charge in [0.15, 0.2) is 0 Å². The highest BCUT2D eigenvalue weighted by Gasteiger charge is 2.19. The summed E-state index contributed by atoms with van der Waals surface area (Å²) < 4.78 is 0. The van der Waals surface area contributed by atoms with E-state index in [2.05, 4.69) is 4.98 Å². The number of nitrogens with zero attached hydrogens (tertiary/aromatic N) is 2. The van der Waals surface area contributed by atoms with Crippen molar-refractivity contribution in [3.05, 3.63) is 36.4 Å². The Bertz CT molecular complexity index is 579. The lowest BCUT2D eigenvalue weighted by atomic mass is 10.2. The van der Waals surface area contributed by atoms with Crippen molar-refractivity contribution in [2.75, 3.05) is 11.4 Å². The molecule has 3 nitrogen and oxygen atoms in total. The monoisotopic (exact) mass is 240 g/mol. The van der Waals surface area contributed by atoms with Crippen molar-refractivity contribution in [1.82, 2.24) is 4.98 Å². The highest BCUT2D eigenvalue weighted by molar-refractivity contribution is 5.94. The summed E-state index contributed by atoms with van der Waals surface area (Å²) >= 11 is 0. The van der Waals surface area contributed by atoms with Gasteiger partial charge in [-0.1, -0.05) is 24.6 Å². The van der Waals surface area contributed by atoms with E-state index in [1.807, 2.05) is 41.3 Å². The van der Waals surface area contributed by atoms with Gasteiger partial charge in [0.1, 0.15) is 5.82 Å². The number of pyridine rings is 1. The lowest BCUT2D eigenvalue weighted by Gasteiger charge is -2.19. The van der Waals surface area contributed by atoms with Crippen molar-refractivity contribution in [3.63, 3.8) is 0 Å². The largest absolute Gasteiger partial charge is 0.297 e. The van der Waals surface area contributed by atoms with E-state index >= 15 is 0 Å². The maximum atomic E-state index is 12.0. The molecule has 2 aromatic rings. The Kier molecular flexibility index (Phi) is 2.97. The molecule has 1 fully saturated rings. The normalized spacial score (nSPS) is 16.9. The van der Waals surface area contributed by atoms with Crippen LogP contribution in [-0.2, 0) is 4.79 Å². The van der Waals surface area contributed by atoms with Crippen LogP contribution in [0.5, 0.6) is 0 Å². The van der Waals surface area contributed by atoms with Gasteiger partial charge in [0, 0.05) is 18.4 Å². The summed E-state index contributed by atoms with van der Waals surface area (Å²) in [7, 11) is 0.